The monoisotopic (exact) mass is 254 g/mol. The van der Waals surface area contributed by atoms with Gasteiger partial charge in [0.25, 0.3) is 0 Å². The van der Waals surface area contributed by atoms with Crippen LogP contribution in [0.25, 0.3) is 0 Å². The number of amides is 1. The van der Waals surface area contributed by atoms with E-state index >= 15 is 0 Å². The molecule has 18 heavy (non-hydrogen) atoms. The van der Waals surface area contributed by atoms with E-state index in [0.717, 1.165) is 12.0 Å². The standard InChI is InChI=1S/C13H19FN2O2/c1-10(16-6-7-18-9-13(15)17)8-11-2-4-12(14)5-3-11/h2-5,10,16H,6-9H2,1H3,(H2,15,17). The molecule has 0 saturated carbocycles. The minimum atomic E-state index is -0.464. The van der Waals surface area contributed by atoms with Crippen molar-refractivity contribution in [2.24, 2.45) is 5.73 Å². The minimum absolute atomic E-state index is 0.0476. The normalized spacial score (nSPS) is 12.3. The molecule has 0 aliphatic carbocycles. The summed E-state index contributed by atoms with van der Waals surface area (Å²) in [4.78, 5) is 10.4. The zero-order chi connectivity index (χ0) is 13.4. The highest BCUT2D eigenvalue weighted by atomic mass is 19.1. The molecule has 0 aliphatic heterocycles. The van der Waals surface area contributed by atoms with Crippen molar-refractivity contribution < 1.29 is 13.9 Å². The van der Waals surface area contributed by atoms with Gasteiger partial charge in [-0.2, -0.15) is 0 Å². The molecule has 0 radical (unpaired) electrons. The maximum absolute atomic E-state index is 12.7. The maximum atomic E-state index is 12.7. The molecule has 1 aromatic carbocycles. The predicted molar refractivity (Wildman–Crippen MR) is 67.6 cm³/mol. The Bertz CT molecular complexity index is 368. The van der Waals surface area contributed by atoms with Crippen LogP contribution in [0.4, 0.5) is 4.39 Å². The highest BCUT2D eigenvalue weighted by Gasteiger charge is 2.03. The van der Waals surface area contributed by atoms with Crippen molar-refractivity contribution >= 4 is 5.91 Å². The largest absolute Gasteiger partial charge is 0.370 e. The molecule has 3 N–H and O–H groups in total. The summed E-state index contributed by atoms with van der Waals surface area (Å²) in [6.07, 6.45) is 0.816. The van der Waals surface area contributed by atoms with Crippen LogP contribution >= 0.6 is 0 Å². The van der Waals surface area contributed by atoms with Gasteiger partial charge in [-0.25, -0.2) is 4.39 Å². The number of nitrogens with two attached hydrogens (primary N) is 1. The lowest BCUT2D eigenvalue weighted by Gasteiger charge is -2.13. The molecular weight excluding hydrogens is 235 g/mol. The van der Waals surface area contributed by atoms with E-state index in [1.165, 1.54) is 12.1 Å². The zero-order valence-corrected chi connectivity index (χ0v) is 10.5. The van der Waals surface area contributed by atoms with E-state index in [1.807, 2.05) is 6.92 Å². The van der Waals surface area contributed by atoms with E-state index in [0.29, 0.717) is 13.2 Å². The quantitative estimate of drug-likeness (QED) is 0.676. The van der Waals surface area contributed by atoms with Gasteiger partial charge in [-0.05, 0) is 31.0 Å². The predicted octanol–water partition coefficient (Wildman–Crippen LogP) is 0.848. The first-order valence-electron chi connectivity index (χ1n) is 5.92. The highest BCUT2D eigenvalue weighted by molar-refractivity contribution is 5.74. The molecule has 4 nitrogen and oxygen atoms in total. The number of rotatable bonds is 8. The fourth-order valence-electron chi connectivity index (χ4n) is 1.60. The molecule has 100 valence electrons. The molecule has 0 spiro atoms. The van der Waals surface area contributed by atoms with Crippen molar-refractivity contribution in [1.29, 1.82) is 0 Å². The van der Waals surface area contributed by atoms with Crippen molar-refractivity contribution in [3.8, 4) is 0 Å². The number of carbonyl (C=O) groups excluding carboxylic acids is 1. The molecule has 5 heteroatoms. The van der Waals surface area contributed by atoms with Crippen LogP contribution < -0.4 is 11.1 Å². The fourth-order valence-corrected chi connectivity index (χ4v) is 1.60. The third-order valence-electron chi connectivity index (χ3n) is 2.44. The first-order chi connectivity index (χ1) is 8.58. The van der Waals surface area contributed by atoms with E-state index < -0.39 is 5.91 Å². The van der Waals surface area contributed by atoms with Crippen molar-refractivity contribution in [1.82, 2.24) is 5.32 Å². The first-order valence-corrected chi connectivity index (χ1v) is 5.92. The van der Waals surface area contributed by atoms with Gasteiger partial charge in [0.1, 0.15) is 12.4 Å². The van der Waals surface area contributed by atoms with Crippen molar-refractivity contribution in [2.45, 2.75) is 19.4 Å². The van der Waals surface area contributed by atoms with Crippen LogP contribution in [0.2, 0.25) is 0 Å². The lowest BCUT2D eigenvalue weighted by molar-refractivity contribution is -0.122. The third kappa shape index (κ3) is 6.32. The number of carbonyl (C=O) groups is 1. The van der Waals surface area contributed by atoms with Crippen LogP contribution in [-0.4, -0.2) is 31.7 Å². The smallest absolute Gasteiger partial charge is 0.243 e. The molecule has 1 atom stereocenters. The second kappa shape index (κ2) is 7.79. The van der Waals surface area contributed by atoms with E-state index in [-0.39, 0.29) is 18.5 Å². The molecule has 0 saturated heterocycles. The molecule has 0 aliphatic rings. The number of primary amides is 1. The first kappa shape index (κ1) is 14.6. The van der Waals surface area contributed by atoms with Gasteiger partial charge in [0.05, 0.1) is 6.61 Å². The van der Waals surface area contributed by atoms with Gasteiger partial charge in [0.15, 0.2) is 0 Å². The van der Waals surface area contributed by atoms with Crippen LogP contribution in [0.15, 0.2) is 24.3 Å². The van der Waals surface area contributed by atoms with Gasteiger partial charge >= 0.3 is 0 Å². The summed E-state index contributed by atoms with van der Waals surface area (Å²) >= 11 is 0. The number of hydrogen-bond acceptors (Lipinski definition) is 3. The van der Waals surface area contributed by atoms with E-state index in [4.69, 9.17) is 10.5 Å². The van der Waals surface area contributed by atoms with Gasteiger partial charge in [-0.1, -0.05) is 12.1 Å². The van der Waals surface area contributed by atoms with Crippen LogP contribution in [0.1, 0.15) is 12.5 Å². The molecule has 1 unspecified atom stereocenters. The Labute approximate surface area is 106 Å². The number of nitrogens with one attached hydrogen (secondary N) is 1. The highest BCUT2D eigenvalue weighted by Crippen LogP contribution is 2.05. The summed E-state index contributed by atoms with van der Waals surface area (Å²) in [7, 11) is 0. The van der Waals surface area contributed by atoms with Crippen LogP contribution in [0.3, 0.4) is 0 Å². The SMILES string of the molecule is CC(Cc1ccc(F)cc1)NCCOCC(N)=O. The number of ether oxygens (including phenoxy) is 1. The molecule has 0 heterocycles. The lowest BCUT2D eigenvalue weighted by atomic mass is 10.1. The third-order valence-corrected chi connectivity index (χ3v) is 2.44. The molecule has 1 rings (SSSR count). The molecule has 1 aromatic rings. The van der Waals surface area contributed by atoms with Crippen molar-refractivity contribution in [3.63, 3.8) is 0 Å². The second-order valence-corrected chi connectivity index (χ2v) is 4.20. The number of hydrogen-bond donors (Lipinski definition) is 2. The van der Waals surface area contributed by atoms with Crippen molar-refractivity contribution in [2.75, 3.05) is 19.8 Å². The lowest BCUT2D eigenvalue weighted by Crippen LogP contribution is -2.32. The molecule has 1 amide bonds. The summed E-state index contributed by atoms with van der Waals surface area (Å²) in [6.45, 7) is 3.08. The Balaban J connectivity index is 2.15. The Morgan fingerprint density at radius 1 is 1.44 bits per heavy atom. The molecule has 0 aromatic heterocycles. The summed E-state index contributed by atoms with van der Waals surface area (Å²) < 4.78 is 17.7. The Hall–Kier alpha value is -1.46. The molecular formula is C13H19FN2O2. The second-order valence-electron chi connectivity index (χ2n) is 4.20. The number of benzene rings is 1. The van der Waals surface area contributed by atoms with Gasteiger partial charge in [-0.3, -0.25) is 4.79 Å². The Morgan fingerprint density at radius 2 is 2.11 bits per heavy atom. The van der Waals surface area contributed by atoms with Crippen LogP contribution in [0, 0.1) is 5.82 Å². The van der Waals surface area contributed by atoms with E-state index in [1.54, 1.807) is 12.1 Å². The van der Waals surface area contributed by atoms with Crippen LogP contribution in [-0.2, 0) is 16.0 Å². The van der Waals surface area contributed by atoms with E-state index in [9.17, 15) is 9.18 Å². The topological polar surface area (TPSA) is 64.3 Å². The summed E-state index contributed by atoms with van der Waals surface area (Å²) in [5.74, 6) is -0.687. The minimum Gasteiger partial charge on any atom is -0.370 e. The fraction of sp³-hybridized carbons (Fsp3) is 0.462. The molecule has 0 fully saturated rings. The van der Waals surface area contributed by atoms with Crippen LogP contribution in [0.5, 0.6) is 0 Å². The number of halogens is 1. The summed E-state index contributed by atoms with van der Waals surface area (Å²) in [5.41, 5.74) is 6.01. The maximum Gasteiger partial charge on any atom is 0.243 e. The summed E-state index contributed by atoms with van der Waals surface area (Å²) in [5, 5.41) is 3.25. The van der Waals surface area contributed by atoms with Gasteiger partial charge in [0, 0.05) is 12.6 Å². The average molecular weight is 254 g/mol. The van der Waals surface area contributed by atoms with Gasteiger partial charge < -0.3 is 15.8 Å². The van der Waals surface area contributed by atoms with Crippen molar-refractivity contribution in [3.05, 3.63) is 35.6 Å². The molecule has 0 bridgehead atoms. The average Bonchev–Trinajstić information content (AvgIpc) is 2.31. The van der Waals surface area contributed by atoms with Gasteiger partial charge in [0.2, 0.25) is 5.91 Å². The Morgan fingerprint density at radius 3 is 2.72 bits per heavy atom. The van der Waals surface area contributed by atoms with Gasteiger partial charge in [-0.15, -0.1) is 0 Å². The Kier molecular flexibility index (Phi) is 6.32. The van der Waals surface area contributed by atoms with E-state index in [2.05, 4.69) is 5.32 Å². The zero-order valence-electron chi connectivity index (χ0n) is 10.5. The summed E-state index contributed by atoms with van der Waals surface area (Å²) in [6, 6.07) is 6.72.